The third-order valence-electron chi connectivity index (χ3n) is 5.20. The Morgan fingerprint density at radius 2 is 1.58 bits per heavy atom. The number of rotatable bonds is 5. The minimum Gasteiger partial charge on any atom is -0.507 e. The fourth-order valence-electron chi connectivity index (χ4n) is 3.58. The maximum Gasteiger partial charge on any atom is 0.339 e. The van der Waals surface area contributed by atoms with Gasteiger partial charge in [0.05, 0.1) is 10.0 Å². The van der Waals surface area contributed by atoms with E-state index in [1.165, 1.54) is 26.0 Å². The summed E-state index contributed by atoms with van der Waals surface area (Å²) in [4.78, 5) is 35.1. The first-order valence-electron chi connectivity index (χ1n) is 9.60. The molecular formula is C23H16Cl2NaO9S. The maximum atomic E-state index is 12.4. The van der Waals surface area contributed by atoms with E-state index in [1.807, 2.05) is 0 Å². The smallest absolute Gasteiger partial charge is 0.339 e. The number of carbonyl (C=O) groups excluding carboxylic acids is 1. The number of ketones is 1. The molecule has 0 saturated carbocycles. The number of aliphatic carboxylic acids is 1. The monoisotopic (exact) mass is 561 g/mol. The van der Waals surface area contributed by atoms with E-state index in [4.69, 9.17) is 23.2 Å². The van der Waals surface area contributed by atoms with Gasteiger partial charge in [-0.25, -0.2) is 9.59 Å². The molecule has 0 aliphatic heterocycles. The molecule has 4 N–H and O–H groups in total. The van der Waals surface area contributed by atoms with Gasteiger partial charge in [0, 0.05) is 35.1 Å². The van der Waals surface area contributed by atoms with Crippen LogP contribution in [-0.2, 0) is 19.7 Å². The van der Waals surface area contributed by atoms with Crippen LogP contribution in [0.5, 0.6) is 5.75 Å². The zero-order valence-corrected chi connectivity index (χ0v) is 23.3. The number of carbonyl (C=O) groups is 3. The number of Topliss-reactive ketones (excluding diaryl/α,β-unsaturated/α-hetero) is 1. The third-order valence-corrected chi connectivity index (χ3v) is 6.91. The van der Waals surface area contributed by atoms with Gasteiger partial charge in [0.2, 0.25) is 0 Å². The number of carboxylic acids is 2. The summed E-state index contributed by atoms with van der Waals surface area (Å²) in [6.07, 6.45) is 2.32. The van der Waals surface area contributed by atoms with E-state index in [2.05, 4.69) is 0 Å². The molecular weight excluding hydrogens is 546 g/mol. The van der Waals surface area contributed by atoms with Crippen molar-refractivity contribution in [2.75, 3.05) is 0 Å². The second-order valence-electron chi connectivity index (χ2n) is 7.55. The molecule has 0 saturated heterocycles. The van der Waals surface area contributed by atoms with Crippen molar-refractivity contribution in [3.63, 3.8) is 0 Å². The Bertz CT molecular complexity index is 1540. The number of carboxylic acid groups (broad SMARTS) is 2. The van der Waals surface area contributed by atoms with Crippen LogP contribution in [0.1, 0.15) is 34.0 Å². The van der Waals surface area contributed by atoms with Crippen LogP contribution < -0.4 is 0 Å². The van der Waals surface area contributed by atoms with Crippen LogP contribution in [0, 0.1) is 6.92 Å². The first-order valence-corrected chi connectivity index (χ1v) is 11.8. The van der Waals surface area contributed by atoms with E-state index in [0.29, 0.717) is 0 Å². The first-order chi connectivity index (χ1) is 16.1. The van der Waals surface area contributed by atoms with Crippen LogP contribution in [0.4, 0.5) is 0 Å². The molecule has 2 aromatic rings. The summed E-state index contributed by atoms with van der Waals surface area (Å²) in [6.45, 7) is 2.77. The van der Waals surface area contributed by atoms with Gasteiger partial charge in [-0.2, -0.15) is 8.42 Å². The number of hydrogen-bond donors (Lipinski definition) is 4. The van der Waals surface area contributed by atoms with Crippen molar-refractivity contribution in [2.45, 2.75) is 18.7 Å². The molecule has 0 fully saturated rings. The Kier molecular flexibility index (Phi) is 9.01. The summed E-state index contributed by atoms with van der Waals surface area (Å²) in [7, 11) is -4.83. The summed E-state index contributed by atoms with van der Waals surface area (Å²) < 4.78 is 33.4. The predicted molar refractivity (Wildman–Crippen MR) is 132 cm³/mol. The Morgan fingerprint density at radius 3 is 2.11 bits per heavy atom. The molecule has 0 unspecified atom stereocenters. The molecule has 0 bridgehead atoms. The van der Waals surface area contributed by atoms with Crippen LogP contribution in [-0.4, -0.2) is 75.6 Å². The van der Waals surface area contributed by atoms with Gasteiger partial charge in [-0.3, -0.25) is 9.35 Å². The number of phenols is 1. The van der Waals surface area contributed by atoms with E-state index < -0.39 is 54.6 Å². The summed E-state index contributed by atoms with van der Waals surface area (Å²) in [5.74, 6) is -4.30. The van der Waals surface area contributed by atoms with Crippen LogP contribution in [0.25, 0.3) is 5.57 Å². The van der Waals surface area contributed by atoms with Crippen LogP contribution in [0.15, 0.2) is 58.0 Å². The number of allylic oxidation sites excluding steroid dienone is 4. The van der Waals surface area contributed by atoms with Gasteiger partial charge in [0.15, 0.2) is 5.78 Å². The van der Waals surface area contributed by atoms with E-state index in [0.717, 1.165) is 24.3 Å². The number of halogens is 2. The fraction of sp³-hybridized carbons (Fsp3) is 0.0870. The van der Waals surface area contributed by atoms with Crippen molar-refractivity contribution in [2.24, 2.45) is 0 Å². The summed E-state index contributed by atoms with van der Waals surface area (Å²) in [5, 5.41) is 28.6. The van der Waals surface area contributed by atoms with Crippen molar-refractivity contribution in [1.82, 2.24) is 0 Å². The molecule has 0 aromatic heterocycles. The number of aromatic hydroxyl groups is 1. The molecule has 3 rings (SSSR count). The van der Waals surface area contributed by atoms with Gasteiger partial charge in [0.25, 0.3) is 10.1 Å². The topological polar surface area (TPSA) is 166 Å². The predicted octanol–water partition coefficient (Wildman–Crippen LogP) is 3.91. The van der Waals surface area contributed by atoms with E-state index in [-0.39, 0.29) is 68.0 Å². The summed E-state index contributed by atoms with van der Waals surface area (Å²) in [5.41, 5.74) is -1.10. The van der Waals surface area contributed by atoms with Crippen LogP contribution >= 0.6 is 23.2 Å². The van der Waals surface area contributed by atoms with Crippen molar-refractivity contribution in [3.8, 4) is 5.75 Å². The first kappa shape index (κ1) is 29.8. The molecule has 13 heteroatoms. The van der Waals surface area contributed by atoms with Crippen molar-refractivity contribution in [3.05, 3.63) is 85.4 Å². The molecule has 0 heterocycles. The summed E-state index contributed by atoms with van der Waals surface area (Å²) in [6, 6.07) is 4.50. The van der Waals surface area contributed by atoms with Crippen molar-refractivity contribution in [1.29, 1.82) is 0 Å². The average Bonchev–Trinajstić information content (AvgIpc) is 2.73. The molecule has 183 valence electrons. The van der Waals surface area contributed by atoms with Gasteiger partial charge in [-0.15, -0.1) is 0 Å². The Labute approximate surface area is 237 Å². The van der Waals surface area contributed by atoms with Crippen molar-refractivity contribution < 1.29 is 42.7 Å². The molecule has 1 aliphatic carbocycles. The standard InChI is InChI=1S/C23H16Cl2O9S.Na/c1-9-5-11(7-13(20(9)26)22(28)29)17(12-6-10(2)21(27)14(8-12)23(30)31)18-15(24)3-4-16(19(18)25)35(32,33)34;/h3-8,26H,1-2H3,(H,28,29)(H,30,31)(H,32,33,34);. The second kappa shape index (κ2) is 10.9. The minimum absolute atomic E-state index is 0. The zero-order valence-electron chi connectivity index (χ0n) is 19.0. The second-order valence-corrected chi connectivity index (χ2v) is 9.73. The van der Waals surface area contributed by atoms with E-state index in [9.17, 15) is 42.7 Å². The van der Waals surface area contributed by atoms with Gasteiger partial charge in [-0.05, 0) is 78.1 Å². The maximum absolute atomic E-state index is 12.4. The SMILES string of the molecule is CC1=CC(=C(c2cc(C)c(O)c(C(=O)O)c2)c2c(Cl)ccc(S(=O)(=O)O)c2Cl)C=C(C(=O)O)C1=O.[Na]. The quantitative estimate of drug-likeness (QED) is 0.240. The number of aryl methyl sites for hydroxylation is 1. The molecule has 0 spiro atoms. The Balaban J connectivity index is 0.00000456. The van der Waals surface area contributed by atoms with Gasteiger partial charge < -0.3 is 15.3 Å². The number of aromatic carboxylic acids is 1. The van der Waals surface area contributed by atoms with Crippen molar-refractivity contribution >= 4 is 86.2 Å². The normalized spacial score (nSPS) is 15.0. The molecule has 2 aromatic carbocycles. The Morgan fingerprint density at radius 1 is 0.972 bits per heavy atom. The molecule has 1 radical (unpaired) electrons. The van der Waals surface area contributed by atoms with Crippen LogP contribution in [0.2, 0.25) is 10.0 Å². The zero-order chi connectivity index (χ0) is 26.4. The van der Waals surface area contributed by atoms with Gasteiger partial charge >= 0.3 is 11.9 Å². The summed E-state index contributed by atoms with van der Waals surface area (Å²) >= 11 is 12.7. The van der Waals surface area contributed by atoms with Crippen LogP contribution in [0.3, 0.4) is 0 Å². The largest absolute Gasteiger partial charge is 0.507 e. The third kappa shape index (κ3) is 5.60. The number of hydrogen-bond acceptors (Lipinski definition) is 6. The van der Waals surface area contributed by atoms with E-state index in [1.54, 1.807) is 0 Å². The van der Waals surface area contributed by atoms with Gasteiger partial charge in [0.1, 0.15) is 21.8 Å². The molecule has 9 nitrogen and oxygen atoms in total. The minimum atomic E-state index is -4.83. The molecule has 36 heavy (non-hydrogen) atoms. The number of benzene rings is 2. The van der Waals surface area contributed by atoms with E-state index >= 15 is 0 Å². The Hall–Kier alpha value is -2.44. The molecule has 0 amide bonds. The fourth-order valence-corrected chi connectivity index (χ4v) is 5.00. The average molecular weight is 562 g/mol. The molecule has 0 atom stereocenters. The van der Waals surface area contributed by atoms with Gasteiger partial charge in [-0.1, -0.05) is 23.2 Å². The molecule has 1 aliphatic rings.